The fourth-order valence-electron chi connectivity index (χ4n) is 2.17. The fraction of sp³-hybridized carbons (Fsp3) is 0.111. The third kappa shape index (κ3) is 4.33. The lowest BCUT2D eigenvalue weighted by Crippen LogP contribution is -1.98. The quantitative estimate of drug-likeness (QED) is 0.439. The molecule has 0 atom stereocenters. The number of nitrogens with zero attached hydrogens (tertiary/aromatic N) is 2. The van der Waals surface area contributed by atoms with Crippen LogP contribution in [-0.4, -0.2) is 15.6 Å². The Morgan fingerprint density at radius 2 is 2.12 bits per heavy atom. The highest BCUT2D eigenvalue weighted by Crippen LogP contribution is 2.26. The maximum atomic E-state index is 13.0. The van der Waals surface area contributed by atoms with Crippen LogP contribution in [0, 0.1) is 5.82 Å². The zero-order valence-electron chi connectivity index (χ0n) is 13.6. The molecule has 26 heavy (non-hydrogen) atoms. The SMILES string of the molecule is Cn1cc(Cl)c(C(=O)C=Cc2ccc(COc3ccc(F)cc3Cl)o2)n1. The summed E-state index contributed by atoms with van der Waals surface area (Å²) in [4.78, 5) is 12.1. The third-order valence-corrected chi connectivity index (χ3v) is 3.93. The van der Waals surface area contributed by atoms with Gasteiger partial charge < -0.3 is 9.15 Å². The monoisotopic (exact) mass is 394 g/mol. The molecule has 0 saturated heterocycles. The van der Waals surface area contributed by atoms with Crippen LogP contribution in [0.1, 0.15) is 22.0 Å². The number of benzene rings is 1. The Morgan fingerprint density at radius 1 is 1.31 bits per heavy atom. The van der Waals surface area contributed by atoms with Gasteiger partial charge >= 0.3 is 0 Å². The smallest absolute Gasteiger partial charge is 0.207 e. The number of ether oxygens (including phenoxy) is 1. The number of rotatable bonds is 6. The summed E-state index contributed by atoms with van der Waals surface area (Å²) in [6.45, 7) is 0.110. The van der Waals surface area contributed by atoms with Gasteiger partial charge in [-0.25, -0.2) is 4.39 Å². The molecule has 0 saturated carbocycles. The molecule has 3 aromatic rings. The Balaban J connectivity index is 1.62. The molecule has 8 heteroatoms. The van der Waals surface area contributed by atoms with E-state index in [0.29, 0.717) is 17.3 Å². The second-order valence-electron chi connectivity index (χ2n) is 5.36. The zero-order valence-corrected chi connectivity index (χ0v) is 15.1. The number of hydrogen-bond donors (Lipinski definition) is 0. The van der Waals surface area contributed by atoms with Gasteiger partial charge in [-0.2, -0.15) is 5.10 Å². The summed E-state index contributed by atoms with van der Waals surface area (Å²) in [6.07, 6.45) is 4.39. The predicted octanol–water partition coefficient (Wildman–Crippen LogP) is 4.93. The lowest BCUT2D eigenvalue weighted by Gasteiger charge is -2.05. The minimum Gasteiger partial charge on any atom is -0.484 e. The highest BCUT2D eigenvalue weighted by molar-refractivity contribution is 6.34. The Bertz CT molecular complexity index is 979. The van der Waals surface area contributed by atoms with Crippen LogP contribution in [0.2, 0.25) is 10.0 Å². The van der Waals surface area contributed by atoms with Crippen molar-refractivity contribution in [2.75, 3.05) is 0 Å². The van der Waals surface area contributed by atoms with Crippen molar-refractivity contribution in [1.29, 1.82) is 0 Å². The third-order valence-electron chi connectivity index (χ3n) is 3.36. The predicted molar refractivity (Wildman–Crippen MR) is 96.0 cm³/mol. The van der Waals surface area contributed by atoms with Gasteiger partial charge in [-0.1, -0.05) is 23.2 Å². The lowest BCUT2D eigenvalue weighted by molar-refractivity contribution is 0.104. The fourth-order valence-corrected chi connectivity index (χ4v) is 2.66. The van der Waals surface area contributed by atoms with E-state index in [4.69, 9.17) is 32.4 Å². The van der Waals surface area contributed by atoms with Crippen molar-refractivity contribution in [3.63, 3.8) is 0 Å². The van der Waals surface area contributed by atoms with Crippen LogP contribution in [0.25, 0.3) is 6.08 Å². The maximum absolute atomic E-state index is 13.0. The van der Waals surface area contributed by atoms with Gasteiger partial charge in [0.05, 0.1) is 10.0 Å². The molecular weight excluding hydrogens is 382 g/mol. The van der Waals surface area contributed by atoms with Gasteiger partial charge in [-0.3, -0.25) is 9.48 Å². The van der Waals surface area contributed by atoms with E-state index < -0.39 is 5.82 Å². The molecule has 2 aromatic heterocycles. The molecule has 5 nitrogen and oxygen atoms in total. The van der Waals surface area contributed by atoms with E-state index in [1.165, 1.54) is 35.0 Å². The molecule has 2 heterocycles. The van der Waals surface area contributed by atoms with Crippen LogP contribution in [0.5, 0.6) is 5.75 Å². The number of ketones is 1. The Kier molecular flexibility index (Phi) is 5.44. The first-order valence-electron chi connectivity index (χ1n) is 7.50. The van der Waals surface area contributed by atoms with Crippen molar-refractivity contribution in [3.8, 4) is 5.75 Å². The van der Waals surface area contributed by atoms with E-state index >= 15 is 0 Å². The topological polar surface area (TPSA) is 57.3 Å². The normalized spacial score (nSPS) is 11.2. The summed E-state index contributed by atoms with van der Waals surface area (Å²) >= 11 is 11.8. The van der Waals surface area contributed by atoms with Crippen molar-refractivity contribution in [2.24, 2.45) is 7.05 Å². The molecule has 0 fully saturated rings. The van der Waals surface area contributed by atoms with Crippen molar-refractivity contribution in [1.82, 2.24) is 9.78 Å². The molecule has 3 rings (SSSR count). The molecule has 0 bridgehead atoms. The van der Waals surface area contributed by atoms with E-state index in [1.54, 1.807) is 25.4 Å². The highest BCUT2D eigenvalue weighted by atomic mass is 35.5. The largest absolute Gasteiger partial charge is 0.484 e. The molecular formula is C18H13Cl2FN2O3. The maximum Gasteiger partial charge on any atom is 0.207 e. The van der Waals surface area contributed by atoms with Gasteiger partial charge in [0.2, 0.25) is 5.78 Å². The van der Waals surface area contributed by atoms with Gasteiger partial charge in [0.25, 0.3) is 0 Å². The molecule has 0 spiro atoms. The minimum absolute atomic E-state index is 0.110. The van der Waals surface area contributed by atoms with Gasteiger partial charge in [-0.05, 0) is 42.5 Å². The molecule has 0 N–H and O–H groups in total. The van der Waals surface area contributed by atoms with Crippen LogP contribution in [0.3, 0.4) is 0 Å². The Morgan fingerprint density at radius 3 is 2.81 bits per heavy atom. The molecule has 0 aliphatic carbocycles. The van der Waals surface area contributed by atoms with Gasteiger partial charge in [0, 0.05) is 13.2 Å². The van der Waals surface area contributed by atoms with Crippen LogP contribution < -0.4 is 4.74 Å². The molecule has 0 amide bonds. The van der Waals surface area contributed by atoms with Crippen LogP contribution >= 0.6 is 23.2 Å². The second kappa shape index (κ2) is 7.76. The molecule has 0 radical (unpaired) electrons. The Labute approximate surface area is 158 Å². The molecule has 0 aliphatic heterocycles. The summed E-state index contributed by atoms with van der Waals surface area (Å²) in [5.74, 6) is 0.567. The van der Waals surface area contributed by atoms with Crippen molar-refractivity contribution in [3.05, 3.63) is 75.7 Å². The van der Waals surface area contributed by atoms with Crippen LogP contribution in [0.4, 0.5) is 4.39 Å². The first kappa shape index (κ1) is 18.2. The first-order chi connectivity index (χ1) is 12.4. The number of carbonyl (C=O) groups excluding carboxylic acids is 1. The average molecular weight is 395 g/mol. The summed E-state index contributed by atoms with van der Waals surface area (Å²) < 4.78 is 25.5. The molecule has 1 aromatic carbocycles. The van der Waals surface area contributed by atoms with Crippen molar-refractivity contribution >= 4 is 35.1 Å². The number of halogens is 3. The van der Waals surface area contributed by atoms with E-state index in [9.17, 15) is 9.18 Å². The lowest BCUT2D eigenvalue weighted by atomic mass is 10.2. The Hall–Kier alpha value is -2.57. The standard InChI is InChI=1S/C18H13Cl2FN2O3/c1-23-9-15(20)18(22-23)16(24)6-5-12-3-4-13(26-12)10-25-17-7-2-11(21)8-14(17)19/h2-9H,10H2,1H3. The second-order valence-corrected chi connectivity index (χ2v) is 6.18. The van der Waals surface area contributed by atoms with E-state index in [-0.39, 0.29) is 28.1 Å². The van der Waals surface area contributed by atoms with E-state index in [2.05, 4.69) is 5.10 Å². The van der Waals surface area contributed by atoms with Crippen LogP contribution in [-0.2, 0) is 13.7 Å². The number of aryl methyl sites for hydroxylation is 1. The number of furan rings is 1. The summed E-state index contributed by atoms with van der Waals surface area (Å²) in [6, 6.07) is 7.26. The molecule has 0 unspecified atom stereocenters. The van der Waals surface area contributed by atoms with Crippen molar-refractivity contribution in [2.45, 2.75) is 6.61 Å². The first-order valence-corrected chi connectivity index (χ1v) is 8.26. The summed E-state index contributed by atoms with van der Waals surface area (Å²) in [5.41, 5.74) is 0.173. The summed E-state index contributed by atoms with van der Waals surface area (Å²) in [5, 5.41) is 4.46. The summed E-state index contributed by atoms with van der Waals surface area (Å²) in [7, 11) is 1.68. The van der Waals surface area contributed by atoms with E-state index in [0.717, 1.165) is 0 Å². The van der Waals surface area contributed by atoms with Crippen LogP contribution in [0.15, 0.2) is 47.0 Å². The molecule has 134 valence electrons. The number of aromatic nitrogens is 2. The van der Waals surface area contributed by atoms with Crippen molar-refractivity contribution < 1.29 is 18.3 Å². The number of hydrogen-bond acceptors (Lipinski definition) is 4. The van der Waals surface area contributed by atoms with E-state index in [1.807, 2.05) is 0 Å². The molecule has 0 aliphatic rings. The number of allylic oxidation sites excluding steroid dienone is 1. The number of carbonyl (C=O) groups is 1. The van der Waals surface area contributed by atoms with Gasteiger partial charge in [0.1, 0.15) is 29.7 Å². The highest BCUT2D eigenvalue weighted by Gasteiger charge is 2.12. The zero-order chi connectivity index (χ0) is 18.7. The van der Waals surface area contributed by atoms with Gasteiger partial charge in [0.15, 0.2) is 5.69 Å². The van der Waals surface area contributed by atoms with Gasteiger partial charge in [-0.15, -0.1) is 0 Å². The minimum atomic E-state index is -0.439. The average Bonchev–Trinajstić information content (AvgIpc) is 3.18.